The zero-order valence-electron chi connectivity index (χ0n) is 13.0. The van der Waals surface area contributed by atoms with E-state index in [2.05, 4.69) is 0 Å². The summed E-state index contributed by atoms with van der Waals surface area (Å²) in [6.45, 7) is 7.06. The van der Waals surface area contributed by atoms with Crippen LogP contribution in [0, 0.1) is 5.92 Å². The lowest BCUT2D eigenvalue weighted by Gasteiger charge is -2.44. The molecule has 1 atom stereocenters. The fourth-order valence-corrected chi connectivity index (χ4v) is 1.61. The van der Waals surface area contributed by atoms with Crippen LogP contribution < -0.4 is 10.6 Å². The van der Waals surface area contributed by atoms with Gasteiger partial charge in [0.25, 0.3) is 5.66 Å². The Kier molecular flexibility index (Phi) is 6.57. The van der Waals surface area contributed by atoms with E-state index in [4.69, 9.17) is 0 Å². The third kappa shape index (κ3) is 5.02. The van der Waals surface area contributed by atoms with Gasteiger partial charge in [-0.25, -0.2) is 0 Å². The molecule has 0 spiro atoms. The summed E-state index contributed by atoms with van der Waals surface area (Å²) in [5.74, 6) is -0.305. The van der Waals surface area contributed by atoms with Gasteiger partial charge in [-0.05, 0) is 26.2 Å². The van der Waals surface area contributed by atoms with Gasteiger partial charge in [-0.15, -0.1) is 0 Å². The third-order valence-corrected chi connectivity index (χ3v) is 3.67. The first kappa shape index (κ1) is 20.5. The van der Waals surface area contributed by atoms with Crippen molar-refractivity contribution in [2.45, 2.75) is 71.0 Å². The van der Waals surface area contributed by atoms with Gasteiger partial charge in [-0.2, -0.15) is 26.3 Å². The van der Waals surface area contributed by atoms with Gasteiger partial charge < -0.3 is 0 Å². The molecule has 1 unspecified atom stereocenters. The molecule has 0 aliphatic carbocycles. The van der Waals surface area contributed by atoms with Crippen molar-refractivity contribution in [1.29, 1.82) is 0 Å². The summed E-state index contributed by atoms with van der Waals surface area (Å²) < 4.78 is 79.5. The first-order chi connectivity index (χ1) is 9.22. The van der Waals surface area contributed by atoms with Crippen LogP contribution in [-0.2, 0) is 0 Å². The maximum Gasteiger partial charge on any atom is 0.429 e. The van der Waals surface area contributed by atoms with Gasteiger partial charge >= 0.3 is 12.4 Å². The minimum atomic E-state index is -5.51. The van der Waals surface area contributed by atoms with Crippen molar-refractivity contribution >= 4 is 0 Å². The van der Waals surface area contributed by atoms with Gasteiger partial charge in [-0.1, -0.05) is 27.2 Å². The van der Waals surface area contributed by atoms with Crippen molar-refractivity contribution in [2.24, 2.45) is 5.92 Å². The fraction of sp³-hybridized carbons (Fsp3) is 1.00. The molecule has 2 N–H and O–H groups in total. The maximum atomic E-state index is 13.2. The molecule has 0 aliphatic heterocycles. The molecular weight excluding hydrogens is 298 g/mol. The lowest BCUT2D eigenvalue weighted by Crippen LogP contribution is -2.77. The van der Waals surface area contributed by atoms with E-state index in [-0.39, 0.29) is 18.9 Å². The van der Waals surface area contributed by atoms with Crippen LogP contribution in [0.25, 0.3) is 0 Å². The molecule has 0 saturated carbocycles. The molecule has 128 valence electrons. The first-order valence-corrected chi connectivity index (χ1v) is 6.90. The van der Waals surface area contributed by atoms with Crippen LogP contribution in [0.4, 0.5) is 26.3 Å². The van der Waals surface area contributed by atoms with Crippen molar-refractivity contribution in [3.05, 3.63) is 0 Å². The number of hydrogen-bond donors (Lipinski definition) is 2. The monoisotopic (exact) mass is 322 g/mol. The summed E-state index contributed by atoms with van der Waals surface area (Å²) in [5.41, 5.74) is -5.43. The van der Waals surface area contributed by atoms with E-state index in [9.17, 15) is 26.3 Å². The number of alkyl halides is 6. The lowest BCUT2D eigenvalue weighted by atomic mass is 9.96. The van der Waals surface area contributed by atoms with E-state index in [1.165, 1.54) is 20.8 Å². The van der Waals surface area contributed by atoms with E-state index < -0.39 is 23.6 Å². The Bertz CT molecular complexity index is 308. The molecule has 0 fully saturated rings. The first-order valence-electron chi connectivity index (χ1n) is 6.90. The zero-order chi connectivity index (χ0) is 17.1. The molecule has 0 aromatic rings. The highest BCUT2D eigenvalue weighted by molar-refractivity contribution is 5.03. The quantitative estimate of drug-likeness (QED) is 0.542. The highest BCUT2D eigenvalue weighted by atomic mass is 19.4. The number of rotatable bonds is 7. The molecule has 2 nitrogen and oxygen atoms in total. The molecule has 0 bridgehead atoms. The van der Waals surface area contributed by atoms with Crippen molar-refractivity contribution in [1.82, 2.24) is 10.6 Å². The minimum absolute atomic E-state index is 0.117. The Morgan fingerprint density at radius 1 is 0.905 bits per heavy atom. The predicted molar refractivity (Wildman–Crippen MR) is 69.8 cm³/mol. The smallest absolute Gasteiger partial charge is 0.284 e. The summed E-state index contributed by atoms with van der Waals surface area (Å²) >= 11 is 0. The molecule has 0 aromatic carbocycles. The fourth-order valence-electron chi connectivity index (χ4n) is 1.61. The van der Waals surface area contributed by atoms with E-state index >= 15 is 0 Å². The molecular formula is C13H24F6N2. The Balaban J connectivity index is 5.68. The summed E-state index contributed by atoms with van der Waals surface area (Å²) in [6.07, 6.45) is -10.4. The van der Waals surface area contributed by atoms with Crippen molar-refractivity contribution in [3.63, 3.8) is 0 Å². The summed E-state index contributed by atoms with van der Waals surface area (Å²) in [4.78, 5) is 0. The second-order valence-electron chi connectivity index (χ2n) is 6.00. The molecule has 0 aromatic heterocycles. The largest absolute Gasteiger partial charge is 0.429 e. The molecule has 0 rings (SSSR count). The van der Waals surface area contributed by atoms with Crippen LogP contribution in [0.2, 0.25) is 0 Å². The maximum absolute atomic E-state index is 13.2. The van der Waals surface area contributed by atoms with Gasteiger partial charge in [0.2, 0.25) is 0 Å². The third-order valence-electron chi connectivity index (χ3n) is 3.67. The van der Waals surface area contributed by atoms with E-state index in [1.807, 2.05) is 0 Å². The molecule has 21 heavy (non-hydrogen) atoms. The average molecular weight is 322 g/mol. The summed E-state index contributed by atoms with van der Waals surface area (Å²) in [5, 5.41) is 3.45. The van der Waals surface area contributed by atoms with Gasteiger partial charge in [0.1, 0.15) is 0 Å². The van der Waals surface area contributed by atoms with Crippen LogP contribution >= 0.6 is 0 Å². The standard InChI is InChI=1S/C13H24F6N2/c1-6-9(3)8-20-11(12(14,15)16,13(17,18)19)21-10(4,5)7-2/h9,20-21H,6-8H2,1-5H3. The Morgan fingerprint density at radius 3 is 1.62 bits per heavy atom. The number of hydrogen-bond acceptors (Lipinski definition) is 2. The van der Waals surface area contributed by atoms with Gasteiger partial charge in [0.15, 0.2) is 0 Å². The van der Waals surface area contributed by atoms with Crippen LogP contribution in [0.1, 0.15) is 47.5 Å². The topological polar surface area (TPSA) is 24.1 Å². The van der Waals surface area contributed by atoms with Crippen molar-refractivity contribution in [3.8, 4) is 0 Å². The molecule has 0 radical (unpaired) electrons. The van der Waals surface area contributed by atoms with Crippen LogP contribution in [0.5, 0.6) is 0 Å². The molecule has 0 amide bonds. The van der Waals surface area contributed by atoms with Gasteiger partial charge in [-0.3, -0.25) is 10.6 Å². The molecule has 0 aliphatic rings. The second-order valence-corrected chi connectivity index (χ2v) is 6.00. The van der Waals surface area contributed by atoms with Crippen molar-refractivity contribution in [2.75, 3.05) is 6.54 Å². The van der Waals surface area contributed by atoms with E-state index in [0.717, 1.165) is 0 Å². The second kappa shape index (κ2) is 6.73. The average Bonchev–Trinajstić information content (AvgIpc) is 2.30. The van der Waals surface area contributed by atoms with E-state index in [0.29, 0.717) is 6.42 Å². The van der Waals surface area contributed by atoms with Crippen molar-refractivity contribution < 1.29 is 26.3 Å². The summed E-state index contributed by atoms with van der Waals surface area (Å²) in [6, 6.07) is 0. The van der Waals surface area contributed by atoms with Crippen LogP contribution in [0.3, 0.4) is 0 Å². The minimum Gasteiger partial charge on any atom is -0.284 e. The SMILES string of the molecule is CCC(C)CNC(NC(C)(C)CC)(C(F)(F)F)C(F)(F)F. The number of halogens is 6. The van der Waals surface area contributed by atoms with Gasteiger partial charge in [0.05, 0.1) is 0 Å². The lowest BCUT2D eigenvalue weighted by molar-refractivity contribution is -0.323. The zero-order valence-corrected chi connectivity index (χ0v) is 13.0. The highest BCUT2D eigenvalue weighted by Crippen LogP contribution is 2.42. The Morgan fingerprint density at radius 2 is 1.33 bits per heavy atom. The predicted octanol–water partition coefficient (Wildman–Crippen LogP) is 4.22. The van der Waals surface area contributed by atoms with Crippen LogP contribution in [0.15, 0.2) is 0 Å². The Labute approximate surface area is 121 Å². The van der Waals surface area contributed by atoms with Crippen LogP contribution in [-0.4, -0.2) is 30.1 Å². The Hall–Kier alpha value is -0.500. The van der Waals surface area contributed by atoms with Gasteiger partial charge in [0, 0.05) is 12.1 Å². The summed E-state index contributed by atoms with van der Waals surface area (Å²) in [7, 11) is 0. The number of nitrogens with one attached hydrogen (secondary N) is 2. The normalized spacial score (nSPS) is 16.1. The highest BCUT2D eigenvalue weighted by Gasteiger charge is 2.71. The molecule has 8 heteroatoms. The molecule has 0 saturated heterocycles. The van der Waals surface area contributed by atoms with E-state index in [1.54, 1.807) is 24.5 Å². The molecule has 0 heterocycles.